The smallest absolute Gasteiger partial charge is 0.237 e. The number of sulfone groups is 1. The third-order valence-electron chi connectivity index (χ3n) is 5.01. The Bertz CT molecular complexity index is 715. The summed E-state index contributed by atoms with van der Waals surface area (Å²) in [7, 11) is -2.99. The van der Waals surface area contributed by atoms with Gasteiger partial charge in [0.25, 0.3) is 0 Å². The van der Waals surface area contributed by atoms with Crippen LogP contribution in [0.4, 0.5) is 10.1 Å². The fourth-order valence-corrected chi connectivity index (χ4v) is 5.09. The van der Waals surface area contributed by atoms with Gasteiger partial charge in [-0.1, -0.05) is 0 Å². The predicted octanol–water partition coefficient (Wildman–Crippen LogP) is 0.639. The second-order valence-corrected chi connectivity index (χ2v) is 9.01. The number of hydrogen-bond donors (Lipinski definition) is 1. The van der Waals surface area contributed by atoms with Gasteiger partial charge in [-0.2, -0.15) is 0 Å². The molecule has 138 valence electrons. The Balaban J connectivity index is 1.50. The minimum atomic E-state index is -2.99. The molecule has 2 fully saturated rings. The first-order valence-corrected chi connectivity index (χ1v) is 10.4. The van der Waals surface area contributed by atoms with Crippen molar-refractivity contribution in [2.45, 2.75) is 25.4 Å². The van der Waals surface area contributed by atoms with Crippen molar-refractivity contribution in [2.75, 3.05) is 42.6 Å². The van der Waals surface area contributed by atoms with Crippen LogP contribution in [0, 0.1) is 5.82 Å². The maximum Gasteiger partial charge on any atom is 0.237 e. The SMILES string of the molecule is C[C@@H](C(=O)N[C@@H]1CCS(=O)(=O)C1)N1CCN(c2ccc(F)cc2)CC1. The summed E-state index contributed by atoms with van der Waals surface area (Å²) in [6.07, 6.45) is 0.499. The number of nitrogens with zero attached hydrogens (tertiary/aromatic N) is 2. The third-order valence-corrected chi connectivity index (χ3v) is 6.78. The van der Waals surface area contributed by atoms with Crippen LogP contribution in [0.15, 0.2) is 24.3 Å². The Labute approximate surface area is 147 Å². The number of hydrogen-bond acceptors (Lipinski definition) is 5. The van der Waals surface area contributed by atoms with Crippen molar-refractivity contribution in [2.24, 2.45) is 0 Å². The molecule has 6 nitrogen and oxygen atoms in total. The molecule has 2 aliphatic rings. The van der Waals surface area contributed by atoms with E-state index in [2.05, 4.69) is 15.1 Å². The number of benzene rings is 1. The largest absolute Gasteiger partial charge is 0.369 e. The molecule has 2 aliphatic heterocycles. The maximum atomic E-state index is 13.0. The van der Waals surface area contributed by atoms with Crippen molar-refractivity contribution >= 4 is 21.4 Å². The van der Waals surface area contributed by atoms with Gasteiger partial charge in [0, 0.05) is 37.9 Å². The molecule has 0 spiro atoms. The molecule has 8 heteroatoms. The molecule has 1 N–H and O–H groups in total. The summed E-state index contributed by atoms with van der Waals surface area (Å²) in [6.45, 7) is 4.85. The van der Waals surface area contributed by atoms with E-state index in [1.165, 1.54) is 12.1 Å². The standard InChI is InChI=1S/C17H24FN3O3S/c1-13(17(22)19-15-6-11-25(23,24)12-15)20-7-9-21(10-8-20)16-4-2-14(18)3-5-16/h2-5,13,15H,6-12H2,1H3,(H,19,22)/t13-,15+/m0/s1. The van der Waals surface area contributed by atoms with Crippen LogP contribution in [0.2, 0.25) is 0 Å². The predicted molar refractivity (Wildman–Crippen MR) is 94.8 cm³/mol. The van der Waals surface area contributed by atoms with Crippen LogP contribution in [0.3, 0.4) is 0 Å². The van der Waals surface area contributed by atoms with Crippen LogP contribution < -0.4 is 10.2 Å². The van der Waals surface area contributed by atoms with E-state index in [1.54, 1.807) is 12.1 Å². The van der Waals surface area contributed by atoms with Gasteiger partial charge < -0.3 is 10.2 Å². The molecule has 0 saturated carbocycles. The number of rotatable bonds is 4. The lowest BCUT2D eigenvalue weighted by atomic mass is 10.1. The number of nitrogens with one attached hydrogen (secondary N) is 1. The molecule has 1 amide bonds. The van der Waals surface area contributed by atoms with Gasteiger partial charge in [0.2, 0.25) is 5.91 Å². The normalized spacial score (nSPS) is 24.9. The summed E-state index contributed by atoms with van der Waals surface area (Å²) in [5.74, 6) is -0.161. The fraction of sp³-hybridized carbons (Fsp3) is 0.588. The molecular formula is C17H24FN3O3S. The zero-order valence-electron chi connectivity index (χ0n) is 14.3. The van der Waals surface area contributed by atoms with Gasteiger partial charge in [-0.05, 0) is 37.6 Å². The second-order valence-electron chi connectivity index (χ2n) is 6.78. The summed E-state index contributed by atoms with van der Waals surface area (Å²) in [5.41, 5.74) is 0.981. The monoisotopic (exact) mass is 369 g/mol. The lowest BCUT2D eigenvalue weighted by Gasteiger charge is -2.38. The van der Waals surface area contributed by atoms with E-state index in [9.17, 15) is 17.6 Å². The summed E-state index contributed by atoms with van der Waals surface area (Å²) in [5, 5.41) is 2.87. The Hall–Kier alpha value is -1.67. The van der Waals surface area contributed by atoms with Crippen LogP contribution in [0.25, 0.3) is 0 Å². The zero-order chi connectivity index (χ0) is 18.0. The molecule has 2 heterocycles. The van der Waals surface area contributed by atoms with Crippen LogP contribution in [-0.4, -0.2) is 69.0 Å². The first-order chi connectivity index (χ1) is 11.8. The molecule has 0 aromatic heterocycles. The van der Waals surface area contributed by atoms with E-state index in [0.717, 1.165) is 31.9 Å². The fourth-order valence-electron chi connectivity index (χ4n) is 3.42. The molecule has 0 aliphatic carbocycles. The van der Waals surface area contributed by atoms with Crippen LogP contribution in [0.5, 0.6) is 0 Å². The molecule has 3 rings (SSSR count). The number of amides is 1. The Morgan fingerprint density at radius 2 is 1.84 bits per heavy atom. The van der Waals surface area contributed by atoms with E-state index in [1.807, 2.05) is 6.92 Å². The molecule has 2 saturated heterocycles. The number of carbonyl (C=O) groups is 1. The molecule has 0 bridgehead atoms. The number of halogens is 1. The maximum absolute atomic E-state index is 13.0. The van der Waals surface area contributed by atoms with Crippen molar-refractivity contribution in [3.05, 3.63) is 30.1 Å². The lowest BCUT2D eigenvalue weighted by molar-refractivity contribution is -0.126. The summed E-state index contributed by atoms with van der Waals surface area (Å²) < 4.78 is 36.0. The Morgan fingerprint density at radius 3 is 2.40 bits per heavy atom. The van der Waals surface area contributed by atoms with E-state index in [4.69, 9.17) is 0 Å². The van der Waals surface area contributed by atoms with Crippen molar-refractivity contribution in [3.63, 3.8) is 0 Å². The van der Waals surface area contributed by atoms with Gasteiger partial charge in [0.05, 0.1) is 17.5 Å². The third kappa shape index (κ3) is 4.49. The molecule has 25 heavy (non-hydrogen) atoms. The van der Waals surface area contributed by atoms with Gasteiger partial charge >= 0.3 is 0 Å². The van der Waals surface area contributed by atoms with Crippen molar-refractivity contribution in [3.8, 4) is 0 Å². The molecule has 0 radical (unpaired) electrons. The highest BCUT2D eigenvalue weighted by Gasteiger charge is 2.32. The second kappa shape index (κ2) is 7.29. The van der Waals surface area contributed by atoms with Gasteiger partial charge in [-0.3, -0.25) is 9.69 Å². The Kier molecular flexibility index (Phi) is 5.29. The van der Waals surface area contributed by atoms with Crippen molar-refractivity contribution < 1.29 is 17.6 Å². The van der Waals surface area contributed by atoms with Crippen molar-refractivity contribution in [1.82, 2.24) is 10.2 Å². The first kappa shape index (κ1) is 18.1. The van der Waals surface area contributed by atoms with Gasteiger partial charge in [0.1, 0.15) is 5.82 Å². The molecule has 0 unspecified atom stereocenters. The van der Waals surface area contributed by atoms with E-state index in [0.29, 0.717) is 6.42 Å². The average Bonchev–Trinajstić information content (AvgIpc) is 2.93. The van der Waals surface area contributed by atoms with Crippen molar-refractivity contribution in [1.29, 1.82) is 0 Å². The van der Waals surface area contributed by atoms with Crippen LogP contribution in [0.1, 0.15) is 13.3 Å². The Morgan fingerprint density at radius 1 is 1.20 bits per heavy atom. The van der Waals surface area contributed by atoms with E-state index >= 15 is 0 Å². The number of piperazine rings is 1. The van der Waals surface area contributed by atoms with E-state index < -0.39 is 9.84 Å². The molecular weight excluding hydrogens is 345 g/mol. The zero-order valence-corrected chi connectivity index (χ0v) is 15.1. The van der Waals surface area contributed by atoms with E-state index in [-0.39, 0.29) is 35.3 Å². The lowest BCUT2D eigenvalue weighted by Crippen LogP contribution is -2.55. The highest BCUT2D eigenvalue weighted by atomic mass is 32.2. The minimum Gasteiger partial charge on any atom is -0.369 e. The topological polar surface area (TPSA) is 69.7 Å². The highest BCUT2D eigenvalue weighted by Crippen LogP contribution is 2.18. The first-order valence-electron chi connectivity index (χ1n) is 8.59. The van der Waals surface area contributed by atoms with Gasteiger partial charge in [-0.25, -0.2) is 12.8 Å². The van der Waals surface area contributed by atoms with Crippen LogP contribution >= 0.6 is 0 Å². The quantitative estimate of drug-likeness (QED) is 0.844. The summed E-state index contributed by atoms with van der Waals surface area (Å²) in [6, 6.07) is 5.88. The van der Waals surface area contributed by atoms with Gasteiger partial charge in [-0.15, -0.1) is 0 Å². The summed E-state index contributed by atoms with van der Waals surface area (Å²) >= 11 is 0. The molecule has 1 aromatic rings. The van der Waals surface area contributed by atoms with Crippen LogP contribution in [-0.2, 0) is 14.6 Å². The molecule has 2 atom stereocenters. The minimum absolute atomic E-state index is 0.0454. The number of anilines is 1. The molecule has 1 aromatic carbocycles. The van der Waals surface area contributed by atoms with Gasteiger partial charge in [0.15, 0.2) is 9.84 Å². The average molecular weight is 369 g/mol. The highest BCUT2D eigenvalue weighted by molar-refractivity contribution is 7.91. The number of carbonyl (C=O) groups excluding carboxylic acids is 1. The summed E-state index contributed by atoms with van der Waals surface area (Å²) in [4.78, 5) is 16.7.